The van der Waals surface area contributed by atoms with Crippen LogP contribution in [0.4, 0.5) is 0 Å². The molecule has 0 fully saturated rings. The van der Waals surface area contributed by atoms with Crippen molar-refractivity contribution in [3.8, 4) is 5.75 Å². The van der Waals surface area contributed by atoms with Gasteiger partial charge in [0.2, 0.25) is 0 Å². The van der Waals surface area contributed by atoms with Crippen LogP contribution in [0.2, 0.25) is 0 Å². The first-order valence-corrected chi connectivity index (χ1v) is 16.8. The van der Waals surface area contributed by atoms with Crippen LogP contribution >= 0.6 is 39.0 Å². The SMILES string of the molecule is CCN(CC)C(=O)C1=C(C)N=c2s/c(=C\c3cc(Br)c(Sc4nccc(C)n4)o3)c(=O)n2[C@@H]1c1c(OC)ccc2ccccc12. The van der Waals surface area contributed by atoms with Gasteiger partial charge in [0.15, 0.2) is 15.1 Å². The molecule has 0 bridgehead atoms. The number of nitrogens with zero attached hydrogens (tertiary/aromatic N) is 5. The Bertz CT molecular complexity index is 2160. The van der Waals surface area contributed by atoms with Gasteiger partial charge in [-0.25, -0.2) is 15.0 Å². The van der Waals surface area contributed by atoms with Crippen molar-refractivity contribution in [1.82, 2.24) is 19.4 Å². The molecule has 2 aromatic carbocycles. The Morgan fingerprint density at radius 2 is 1.96 bits per heavy atom. The number of carbonyl (C=O) groups is 1. The lowest BCUT2D eigenvalue weighted by molar-refractivity contribution is -0.127. The van der Waals surface area contributed by atoms with Gasteiger partial charge in [-0.3, -0.25) is 14.2 Å². The van der Waals surface area contributed by atoms with Crippen LogP contribution in [-0.4, -0.2) is 45.5 Å². The molecule has 230 valence electrons. The second-order valence-electron chi connectivity index (χ2n) is 10.3. The summed E-state index contributed by atoms with van der Waals surface area (Å²) in [5.74, 6) is 0.907. The van der Waals surface area contributed by atoms with E-state index in [-0.39, 0.29) is 11.5 Å². The lowest BCUT2D eigenvalue weighted by Crippen LogP contribution is -2.43. The number of carbonyl (C=O) groups excluding carboxylic acids is 1. The van der Waals surface area contributed by atoms with Gasteiger partial charge < -0.3 is 14.1 Å². The number of ether oxygens (including phenoxy) is 1. The Morgan fingerprint density at radius 3 is 2.69 bits per heavy atom. The van der Waals surface area contributed by atoms with Crippen LogP contribution in [-0.2, 0) is 4.79 Å². The molecule has 4 heterocycles. The molecule has 1 aliphatic rings. The summed E-state index contributed by atoms with van der Waals surface area (Å²) in [5.41, 5.74) is 2.33. The highest BCUT2D eigenvalue weighted by Gasteiger charge is 2.36. The normalized spacial score (nSPS) is 14.9. The van der Waals surface area contributed by atoms with Crippen molar-refractivity contribution in [2.24, 2.45) is 4.99 Å². The Hall–Kier alpha value is -4.00. The van der Waals surface area contributed by atoms with Crippen molar-refractivity contribution in [1.29, 1.82) is 0 Å². The first kappa shape index (κ1) is 31.0. The summed E-state index contributed by atoms with van der Waals surface area (Å²) in [6.07, 6.45) is 3.41. The summed E-state index contributed by atoms with van der Waals surface area (Å²) in [4.78, 5) is 44.3. The Balaban J connectivity index is 1.55. The second-order valence-corrected chi connectivity index (χ2v) is 13.1. The fourth-order valence-electron chi connectivity index (χ4n) is 5.48. The number of furan rings is 1. The predicted octanol–water partition coefficient (Wildman–Crippen LogP) is 5.87. The van der Waals surface area contributed by atoms with Crippen molar-refractivity contribution in [3.63, 3.8) is 0 Å². The van der Waals surface area contributed by atoms with E-state index in [0.717, 1.165) is 26.5 Å². The lowest BCUT2D eigenvalue weighted by Gasteiger charge is -2.30. The highest BCUT2D eigenvalue weighted by Crippen LogP contribution is 2.40. The predicted molar refractivity (Wildman–Crippen MR) is 179 cm³/mol. The fourth-order valence-corrected chi connectivity index (χ4v) is 7.82. The number of fused-ring (bicyclic) bond motifs is 2. The highest BCUT2D eigenvalue weighted by molar-refractivity contribution is 9.10. The molecule has 6 rings (SSSR count). The first-order chi connectivity index (χ1) is 21.7. The summed E-state index contributed by atoms with van der Waals surface area (Å²) in [7, 11) is 1.60. The molecule has 3 aromatic heterocycles. The smallest absolute Gasteiger partial charge is 0.271 e. The van der Waals surface area contributed by atoms with Gasteiger partial charge in [0, 0.05) is 36.6 Å². The first-order valence-electron chi connectivity index (χ1n) is 14.4. The zero-order chi connectivity index (χ0) is 31.8. The molecular weight excluding hydrogens is 674 g/mol. The average Bonchev–Trinajstić information content (AvgIpc) is 3.53. The molecule has 12 heteroatoms. The van der Waals surface area contributed by atoms with Gasteiger partial charge in [0.25, 0.3) is 11.5 Å². The van der Waals surface area contributed by atoms with Crippen molar-refractivity contribution >= 4 is 61.8 Å². The quantitative estimate of drug-likeness (QED) is 0.186. The number of aryl methyl sites for hydroxylation is 1. The van der Waals surface area contributed by atoms with Crippen molar-refractivity contribution in [2.45, 2.75) is 44.0 Å². The van der Waals surface area contributed by atoms with Crippen molar-refractivity contribution < 1.29 is 13.9 Å². The third-order valence-corrected chi connectivity index (χ3v) is 10.3. The minimum absolute atomic E-state index is 0.162. The number of allylic oxidation sites excluding steroid dienone is 1. The molecule has 5 aromatic rings. The van der Waals surface area contributed by atoms with E-state index >= 15 is 0 Å². The molecule has 1 amide bonds. The molecule has 0 radical (unpaired) electrons. The summed E-state index contributed by atoms with van der Waals surface area (Å²) in [5, 5.41) is 3.00. The summed E-state index contributed by atoms with van der Waals surface area (Å²) < 4.78 is 14.8. The molecular formula is C33H30BrN5O4S2. The van der Waals surface area contributed by atoms with Crippen LogP contribution in [0, 0.1) is 6.92 Å². The summed E-state index contributed by atoms with van der Waals surface area (Å²) in [6.45, 7) is 8.67. The molecule has 1 atom stereocenters. The van der Waals surface area contributed by atoms with Crippen LogP contribution in [0.5, 0.6) is 5.75 Å². The Labute approximate surface area is 276 Å². The van der Waals surface area contributed by atoms with Gasteiger partial charge in [0.05, 0.1) is 27.4 Å². The van der Waals surface area contributed by atoms with Crippen LogP contribution in [0.1, 0.15) is 43.8 Å². The van der Waals surface area contributed by atoms with Gasteiger partial charge in [-0.15, -0.1) is 0 Å². The van der Waals surface area contributed by atoms with E-state index in [2.05, 4.69) is 25.9 Å². The van der Waals surface area contributed by atoms with E-state index in [1.165, 1.54) is 23.1 Å². The third kappa shape index (κ3) is 5.78. The van der Waals surface area contributed by atoms with E-state index in [1.54, 1.807) is 28.8 Å². The number of likely N-dealkylation sites (N-methyl/N-ethyl adjacent to an activating group) is 1. The minimum Gasteiger partial charge on any atom is -0.496 e. The van der Waals surface area contributed by atoms with Gasteiger partial charge in [-0.05, 0) is 84.4 Å². The number of halogens is 1. The molecule has 0 N–H and O–H groups in total. The highest BCUT2D eigenvalue weighted by atomic mass is 79.9. The van der Waals surface area contributed by atoms with E-state index in [9.17, 15) is 9.59 Å². The molecule has 0 unspecified atom stereocenters. The number of methoxy groups -OCH3 is 1. The standard InChI is InChI=1S/C33H30BrN5O4S2/c1-6-38(7-2)30(41)26-19(4)37-33-39(28(26)27-22-11-9-8-10-20(22)12-13-24(27)42-5)29(40)25(44-33)17-21-16-23(34)31(43-21)45-32-35-15-14-18(3)36-32/h8-17,28H,6-7H2,1-5H3/b25-17-/t28-/m0/s1. The molecule has 9 nitrogen and oxygen atoms in total. The van der Waals surface area contributed by atoms with E-state index < -0.39 is 6.04 Å². The fraction of sp³-hybridized carbons (Fsp3) is 0.242. The molecule has 0 aliphatic carbocycles. The van der Waals surface area contributed by atoms with E-state index in [4.69, 9.17) is 14.1 Å². The van der Waals surface area contributed by atoms with E-state index in [0.29, 0.717) is 55.5 Å². The number of amides is 1. The lowest BCUT2D eigenvalue weighted by atomic mass is 9.90. The topological polar surface area (TPSA) is 103 Å². The number of hydrogen-bond donors (Lipinski definition) is 0. The minimum atomic E-state index is -0.759. The van der Waals surface area contributed by atoms with Crippen LogP contribution < -0.4 is 19.6 Å². The maximum absolute atomic E-state index is 14.4. The molecule has 1 aliphatic heterocycles. The largest absolute Gasteiger partial charge is 0.496 e. The zero-order valence-electron chi connectivity index (χ0n) is 25.3. The molecule has 0 spiro atoms. The maximum Gasteiger partial charge on any atom is 0.271 e. The Morgan fingerprint density at radius 1 is 1.18 bits per heavy atom. The summed E-state index contributed by atoms with van der Waals surface area (Å²) in [6, 6.07) is 14.7. The van der Waals surface area contributed by atoms with E-state index in [1.807, 2.05) is 76.2 Å². The number of hydrogen-bond acceptors (Lipinski definition) is 9. The van der Waals surface area contributed by atoms with Crippen LogP contribution in [0.15, 0.2) is 94.9 Å². The number of aromatic nitrogens is 3. The monoisotopic (exact) mass is 703 g/mol. The third-order valence-electron chi connectivity index (χ3n) is 7.63. The van der Waals surface area contributed by atoms with Crippen molar-refractivity contribution in [3.05, 3.63) is 107 Å². The number of thiazole rings is 1. The van der Waals surface area contributed by atoms with Crippen molar-refractivity contribution in [2.75, 3.05) is 20.2 Å². The Kier molecular flexibility index (Phi) is 8.80. The molecule has 0 saturated heterocycles. The van der Waals surface area contributed by atoms with Crippen LogP contribution in [0.3, 0.4) is 0 Å². The molecule has 45 heavy (non-hydrogen) atoms. The van der Waals surface area contributed by atoms with Crippen LogP contribution in [0.25, 0.3) is 16.8 Å². The number of rotatable bonds is 8. The van der Waals surface area contributed by atoms with Gasteiger partial charge >= 0.3 is 0 Å². The average molecular weight is 705 g/mol. The van der Waals surface area contributed by atoms with Gasteiger partial charge in [-0.2, -0.15) is 0 Å². The zero-order valence-corrected chi connectivity index (χ0v) is 28.5. The molecule has 0 saturated carbocycles. The van der Waals surface area contributed by atoms with Gasteiger partial charge in [0.1, 0.15) is 17.6 Å². The van der Waals surface area contributed by atoms with Gasteiger partial charge in [-0.1, -0.05) is 41.7 Å². The number of benzene rings is 2. The second kappa shape index (κ2) is 12.8. The summed E-state index contributed by atoms with van der Waals surface area (Å²) >= 11 is 6.11. The maximum atomic E-state index is 14.4.